The van der Waals surface area contributed by atoms with Gasteiger partial charge in [-0.05, 0) is 60.8 Å². The Labute approximate surface area is 148 Å². The van der Waals surface area contributed by atoms with E-state index in [1.165, 1.54) is 5.56 Å². The van der Waals surface area contributed by atoms with E-state index in [-0.39, 0.29) is 0 Å². The van der Waals surface area contributed by atoms with E-state index in [1.54, 1.807) is 36.4 Å². The molecule has 0 aromatic heterocycles. The van der Waals surface area contributed by atoms with Crippen molar-refractivity contribution < 1.29 is 8.42 Å². The summed E-state index contributed by atoms with van der Waals surface area (Å²) in [4.78, 5) is 2.66. The summed E-state index contributed by atoms with van der Waals surface area (Å²) in [6.45, 7) is 5.04. The molecule has 1 aliphatic heterocycles. The molecule has 1 aliphatic rings. The van der Waals surface area contributed by atoms with Gasteiger partial charge in [-0.1, -0.05) is 30.7 Å². The molecule has 0 unspecified atom stereocenters. The quantitative estimate of drug-likeness (QED) is 0.875. The molecular weight excluding hydrogens is 344 g/mol. The third-order valence-corrected chi connectivity index (χ3v) is 5.81. The molecule has 128 valence electrons. The molecule has 0 amide bonds. The predicted octanol–water partition coefficient (Wildman–Crippen LogP) is 3.91. The summed E-state index contributed by atoms with van der Waals surface area (Å²) in [6.07, 6.45) is 2.07. The number of hydrogen-bond acceptors (Lipinski definition) is 3. The summed E-state index contributed by atoms with van der Waals surface area (Å²) < 4.78 is 27.9. The van der Waals surface area contributed by atoms with Crippen LogP contribution in [0.25, 0.3) is 0 Å². The third kappa shape index (κ3) is 3.91. The molecule has 0 saturated carbocycles. The number of rotatable bonds is 5. The molecule has 0 spiro atoms. The van der Waals surface area contributed by atoms with Crippen molar-refractivity contribution in [3.05, 3.63) is 58.6 Å². The number of benzene rings is 2. The Hall–Kier alpha value is -1.56. The van der Waals surface area contributed by atoms with Crippen LogP contribution >= 0.6 is 11.6 Å². The fourth-order valence-electron chi connectivity index (χ4n) is 3.03. The van der Waals surface area contributed by atoms with Gasteiger partial charge < -0.3 is 0 Å². The zero-order valence-corrected chi connectivity index (χ0v) is 15.2. The van der Waals surface area contributed by atoms with Crippen molar-refractivity contribution in [3.8, 4) is 0 Å². The first kappa shape index (κ1) is 17.3. The Bertz CT molecular complexity index is 837. The average molecular weight is 365 g/mol. The first-order valence-corrected chi connectivity index (χ1v) is 9.96. The van der Waals surface area contributed by atoms with Gasteiger partial charge in [0.1, 0.15) is 0 Å². The molecule has 4 nitrogen and oxygen atoms in total. The average Bonchev–Trinajstić information content (AvgIpc) is 2.54. The SMILES string of the molecule is CCCN1CCc2ccc(S(=O)(=O)Nc3cccc(Cl)c3)cc2C1. The highest BCUT2D eigenvalue weighted by atomic mass is 35.5. The summed E-state index contributed by atoms with van der Waals surface area (Å²) in [5.74, 6) is 0. The van der Waals surface area contributed by atoms with Crippen LogP contribution in [0.2, 0.25) is 5.02 Å². The predicted molar refractivity (Wildman–Crippen MR) is 98.0 cm³/mol. The van der Waals surface area contributed by atoms with Gasteiger partial charge in [0.2, 0.25) is 0 Å². The lowest BCUT2D eigenvalue weighted by atomic mass is 10.00. The Morgan fingerprint density at radius 1 is 1.17 bits per heavy atom. The van der Waals surface area contributed by atoms with Crippen LogP contribution in [0.4, 0.5) is 5.69 Å². The molecule has 0 atom stereocenters. The van der Waals surface area contributed by atoms with E-state index in [4.69, 9.17) is 11.6 Å². The van der Waals surface area contributed by atoms with Crippen molar-refractivity contribution in [2.45, 2.75) is 31.2 Å². The molecule has 24 heavy (non-hydrogen) atoms. The second-order valence-corrected chi connectivity index (χ2v) is 8.19. The maximum absolute atomic E-state index is 12.6. The highest BCUT2D eigenvalue weighted by Crippen LogP contribution is 2.25. The zero-order chi connectivity index (χ0) is 17.2. The van der Waals surface area contributed by atoms with E-state index in [1.807, 2.05) is 6.07 Å². The van der Waals surface area contributed by atoms with Gasteiger partial charge in [-0.2, -0.15) is 0 Å². The molecular formula is C18H21ClN2O2S. The number of halogens is 1. The zero-order valence-electron chi connectivity index (χ0n) is 13.6. The molecule has 1 N–H and O–H groups in total. The number of fused-ring (bicyclic) bond motifs is 1. The van der Waals surface area contributed by atoms with E-state index < -0.39 is 10.0 Å². The van der Waals surface area contributed by atoms with Crippen LogP contribution in [0.5, 0.6) is 0 Å². The molecule has 0 fully saturated rings. The van der Waals surface area contributed by atoms with Gasteiger partial charge >= 0.3 is 0 Å². The molecule has 6 heteroatoms. The van der Waals surface area contributed by atoms with Crippen LogP contribution in [-0.4, -0.2) is 26.4 Å². The molecule has 1 heterocycles. The smallest absolute Gasteiger partial charge is 0.261 e. The molecule has 3 rings (SSSR count). The second-order valence-electron chi connectivity index (χ2n) is 6.07. The van der Waals surface area contributed by atoms with Crippen molar-refractivity contribution >= 4 is 27.3 Å². The van der Waals surface area contributed by atoms with Crippen LogP contribution in [0, 0.1) is 0 Å². The Morgan fingerprint density at radius 3 is 2.75 bits per heavy atom. The van der Waals surface area contributed by atoms with Crippen molar-refractivity contribution in [1.29, 1.82) is 0 Å². The van der Waals surface area contributed by atoms with E-state index in [9.17, 15) is 8.42 Å². The third-order valence-electron chi connectivity index (χ3n) is 4.20. The molecule has 0 radical (unpaired) electrons. The minimum Gasteiger partial charge on any atom is -0.299 e. The fourth-order valence-corrected chi connectivity index (χ4v) is 4.32. The van der Waals surface area contributed by atoms with Crippen molar-refractivity contribution in [3.63, 3.8) is 0 Å². The second kappa shape index (κ2) is 7.13. The fraction of sp³-hybridized carbons (Fsp3) is 0.333. The van der Waals surface area contributed by atoms with E-state index in [0.29, 0.717) is 15.6 Å². The summed E-state index contributed by atoms with van der Waals surface area (Å²) >= 11 is 5.92. The van der Waals surface area contributed by atoms with E-state index in [2.05, 4.69) is 16.5 Å². The first-order chi connectivity index (χ1) is 11.5. The number of sulfonamides is 1. The highest BCUT2D eigenvalue weighted by molar-refractivity contribution is 7.92. The number of hydrogen-bond donors (Lipinski definition) is 1. The largest absolute Gasteiger partial charge is 0.299 e. The van der Waals surface area contributed by atoms with Crippen LogP contribution in [0.1, 0.15) is 24.5 Å². The monoisotopic (exact) mass is 364 g/mol. The summed E-state index contributed by atoms with van der Waals surface area (Å²) in [5, 5.41) is 0.496. The van der Waals surface area contributed by atoms with Gasteiger partial charge in [-0.3, -0.25) is 9.62 Å². The van der Waals surface area contributed by atoms with Crippen LogP contribution < -0.4 is 4.72 Å². The van der Waals surface area contributed by atoms with Crippen molar-refractivity contribution in [2.75, 3.05) is 17.8 Å². The molecule has 0 bridgehead atoms. The minimum absolute atomic E-state index is 0.291. The van der Waals surface area contributed by atoms with Crippen molar-refractivity contribution in [2.24, 2.45) is 0 Å². The molecule has 2 aromatic carbocycles. The van der Waals surface area contributed by atoms with Crippen LogP contribution in [0.15, 0.2) is 47.4 Å². The maximum atomic E-state index is 12.6. The van der Waals surface area contributed by atoms with Gasteiger partial charge in [0.15, 0.2) is 0 Å². The summed E-state index contributed by atoms with van der Waals surface area (Å²) in [5.41, 5.74) is 2.81. The van der Waals surface area contributed by atoms with E-state index >= 15 is 0 Å². The van der Waals surface area contributed by atoms with Crippen LogP contribution in [0.3, 0.4) is 0 Å². The van der Waals surface area contributed by atoms with Crippen molar-refractivity contribution in [1.82, 2.24) is 4.90 Å². The Morgan fingerprint density at radius 2 is 2.00 bits per heavy atom. The lowest BCUT2D eigenvalue weighted by Gasteiger charge is -2.28. The molecule has 0 saturated heterocycles. The number of nitrogens with zero attached hydrogens (tertiary/aromatic N) is 1. The normalized spacial score (nSPS) is 15.1. The molecule has 2 aromatic rings. The van der Waals surface area contributed by atoms with Gasteiger partial charge in [0.05, 0.1) is 10.6 Å². The van der Waals surface area contributed by atoms with Gasteiger partial charge in [-0.25, -0.2) is 8.42 Å². The lowest BCUT2D eigenvalue weighted by molar-refractivity contribution is 0.254. The molecule has 0 aliphatic carbocycles. The summed E-state index contributed by atoms with van der Waals surface area (Å²) in [6, 6.07) is 12.1. The van der Waals surface area contributed by atoms with Gasteiger partial charge in [0, 0.05) is 18.1 Å². The van der Waals surface area contributed by atoms with Crippen LogP contribution in [-0.2, 0) is 23.0 Å². The first-order valence-electron chi connectivity index (χ1n) is 8.10. The van der Waals surface area contributed by atoms with Gasteiger partial charge in [-0.15, -0.1) is 0 Å². The number of anilines is 1. The standard InChI is InChI=1S/C18H21ClN2O2S/c1-2-9-21-10-8-14-6-7-18(11-15(14)13-21)24(22,23)20-17-5-3-4-16(19)12-17/h3-7,11-12,20H,2,8-10,13H2,1H3. The number of nitrogens with one attached hydrogen (secondary N) is 1. The Balaban J connectivity index is 1.85. The maximum Gasteiger partial charge on any atom is 0.261 e. The topological polar surface area (TPSA) is 49.4 Å². The van der Waals surface area contributed by atoms with Gasteiger partial charge in [0.25, 0.3) is 10.0 Å². The Kier molecular flexibility index (Phi) is 5.13. The minimum atomic E-state index is -3.62. The summed E-state index contributed by atoms with van der Waals surface area (Å²) in [7, 11) is -3.62. The highest BCUT2D eigenvalue weighted by Gasteiger charge is 2.20. The lowest BCUT2D eigenvalue weighted by Crippen LogP contribution is -2.31. The van der Waals surface area contributed by atoms with E-state index in [0.717, 1.165) is 38.0 Å².